The molecule has 0 saturated heterocycles. The summed E-state index contributed by atoms with van der Waals surface area (Å²) in [4.78, 5) is 72.5. The number of aliphatic hydroxyl groups is 1. The van der Waals surface area contributed by atoms with Crippen LogP contribution in [-0.2, 0) is 36.5 Å². The molecule has 94 heavy (non-hydrogen) atoms. The second-order valence-electron chi connectivity index (χ2n) is 19.9. The third-order valence-electron chi connectivity index (χ3n) is 13.4. The summed E-state index contributed by atoms with van der Waals surface area (Å²) in [7, 11) is 6.62. The summed E-state index contributed by atoms with van der Waals surface area (Å²) in [5.74, 6) is 0.590. The van der Waals surface area contributed by atoms with Gasteiger partial charge in [-0.15, -0.1) is 0 Å². The molecule has 14 aromatic rings. The number of pyridine rings is 2. The van der Waals surface area contributed by atoms with E-state index < -0.39 is 10.7 Å². The van der Waals surface area contributed by atoms with Gasteiger partial charge in [-0.2, -0.15) is 4.98 Å². The van der Waals surface area contributed by atoms with Gasteiger partial charge in [-0.05, 0) is 129 Å². The number of para-hydroxylation sites is 5. The maximum Gasteiger partial charge on any atom is 0.310 e. The number of nitro groups is 1. The van der Waals surface area contributed by atoms with Gasteiger partial charge in [0.2, 0.25) is 0 Å². The highest BCUT2D eigenvalue weighted by atomic mass is 35.5. The third-order valence-corrected chi connectivity index (χ3v) is 15.0. The molecule has 27 heteroatoms. The number of Topliss-reactive ketones (excluding diaryl/α,β-unsaturated/α-hetero) is 1. The van der Waals surface area contributed by atoms with E-state index in [2.05, 4.69) is 68.6 Å². The molecule has 7 aromatic heterocycles. The number of nitro benzene ring substituents is 1. The van der Waals surface area contributed by atoms with Crippen LogP contribution in [0.5, 0.6) is 6.01 Å². The molecular formula is C67H61Cl5N16O6. The first kappa shape index (κ1) is 71.1. The minimum atomic E-state index is -0.600. The smallest absolute Gasteiger partial charge is 0.310 e. The van der Waals surface area contributed by atoms with Crippen molar-refractivity contribution in [3.8, 4) is 6.01 Å². The second-order valence-corrected chi connectivity index (χ2v) is 21.9. The zero-order chi connectivity index (χ0) is 68.2. The van der Waals surface area contributed by atoms with Gasteiger partial charge in [0.25, 0.3) is 6.01 Å². The Morgan fingerprint density at radius 3 is 1.54 bits per heavy atom. The molecule has 7 heterocycles. The van der Waals surface area contributed by atoms with Crippen molar-refractivity contribution in [1.29, 1.82) is 0 Å². The predicted octanol–water partition coefficient (Wildman–Crippen LogP) is 14.5. The number of carbonyl (C=O) groups excluding carboxylic acids is 2. The van der Waals surface area contributed by atoms with Gasteiger partial charge in [0, 0.05) is 76.3 Å². The maximum atomic E-state index is 10.3. The van der Waals surface area contributed by atoms with Crippen molar-refractivity contribution in [1.82, 2.24) is 59.0 Å². The number of nitrogens with zero attached hydrogens (tertiary/aromatic N) is 13. The van der Waals surface area contributed by atoms with Crippen LogP contribution in [0.3, 0.4) is 0 Å². The minimum Gasteiger partial charge on any atom is -0.468 e. The maximum absolute atomic E-state index is 10.3. The van der Waals surface area contributed by atoms with E-state index >= 15 is 0 Å². The Balaban J connectivity index is 0.000000163. The van der Waals surface area contributed by atoms with Crippen molar-refractivity contribution in [2.45, 2.75) is 33.6 Å². The lowest BCUT2D eigenvalue weighted by atomic mass is 10.2. The summed E-state index contributed by atoms with van der Waals surface area (Å²) in [5, 5.41) is 21.9. The van der Waals surface area contributed by atoms with Crippen molar-refractivity contribution < 1.29 is 24.4 Å². The van der Waals surface area contributed by atoms with E-state index in [0.29, 0.717) is 37.5 Å². The molecule has 0 aliphatic rings. The van der Waals surface area contributed by atoms with Gasteiger partial charge in [-0.25, -0.2) is 19.9 Å². The largest absolute Gasteiger partial charge is 0.468 e. The summed E-state index contributed by atoms with van der Waals surface area (Å²) < 4.78 is 9.28. The Labute approximate surface area is 563 Å². The van der Waals surface area contributed by atoms with Gasteiger partial charge < -0.3 is 31.6 Å². The third kappa shape index (κ3) is 18.0. The SMILES string of the molecule is CC(=O)C=O.CO.COc1nc2c3cccnc3ccc2n1C.Cc1cnc2c(Cl)cccc2n1.Cc1cnc2cccc(Cl)c2n1.Cn1c(CCc2cnc3cccc(Cl)c3n2)nc2c3cccnc3ccc21.Nc1cccc(Cl)c1N.Nc1cccc(Cl)c1[N+](=O)[O-]. The first-order valence-corrected chi connectivity index (χ1v) is 30.0. The highest BCUT2D eigenvalue weighted by molar-refractivity contribution is 6.36. The molecule has 0 bridgehead atoms. The molecule has 0 fully saturated rings. The predicted molar refractivity (Wildman–Crippen MR) is 377 cm³/mol. The zero-order valence-electron chi connectivity index (χ0n) is 51.6. The number of carbonyl (C=O) groups is 2. The van der Waals surface area contributed by atoms with Crippen molar-refractivity contribution in [3.05, 3.63) is 229 Å². The van der Waals surface area contributed by atoms with Gasteiger partial charge >= 0.3 is 5.69 Å². The lowest BCUT2D eigenvalue weighted by molar-refractivity contribution is -0.383. The fourth-order valence-electron chi connectivity index (χ4n) is 8.91. The van der Waals surface area contributed by atoms with Gasteiger partial charge in [-0.3, -0.25) is 49.2 Å². The number of anilines is 3. The number of methoxy groups -OCH3 is 1. The first-order chi connectivity index (χ1) is 45.2. The lowest BCUT2D eigenvalue weighted by Gasteiger charge is -2.04. The van der Waals surface area contributed by atoms with Crippen molar-refractivity contribution in [2.24, 2.45) is 14.1 Å². The molecule has 22 nitrogen and oxygen atoms in total. The standard InChI is InChI=1S/C21H16ClN5.C12H11N3O.2C9H7ClN2.C6H5ClN2O2.C6H7ClN2.C3H4O2.CH4O/c1-27-18-9-8-16-14(4-3-11-23-16)20(18)26-19(27)10-7-13-12-24-17-6-2-5-15(22)21(17)25-13;1-15-10-6-5-9-8(4-3-7-13-9)11(10)14-12(15)16-2;1-6-5-11-9-7(10)3-2-4-8(9)12-6;1-6-5-11-8-4-2-3-7(10)9(8)12-6;7-4-2-1-3-5(8)6(4)9(10)11;7-4-2-1-3-5(8)6(4)9;1-3(5)2-4;1-2/h2-6,8-9,11-12H,7,10H2,1H3;3-7H,1-2H3;2*2-5H,1H3;1-3H,8H2;1-3H,8-9H2;2H,1H3;2H,1H3. The summed E-state index contributed by atoms with van der Waals surface area (Å²) in [6.45, 7) is 5.02. The molecular weight excluding hydrogens is 1300 g/mol. The highest BCUT2D eigenvalue weighted by Crippen LogP contribution is 2.31. The number of imidazole rings is 2. The number of aryl methyl sites for hydroxylation is 6. The number of rotatable bonds is 6. The molecule has 7 aromatic carbocycles. The average molecular weight is 1360 g/mol. The number of nitrogen functional groups attached to an aromatic ring is 3. The van der Waals surface area contributed by atoms with E-state index in [4.69, 9.17) is 94.8 Å². The van der Waals surface area contributed by atoms with E-state index in [1.807, 2.05) is 129 Å². The van der Waals surface area contributed by atoms with Crippen LogP contribution < -0.4 is 21.9 Å². The summed E-state index contributed by atoms with van der Waals surface area (Å²) in [6, 6.07) is 43.1. The Kier molecular flexibility index (Phi) is 25.6. The minimum absolute atomic E-state index is 0.0648. The number of nitrogens with two attached hydrogens (primary N) is 3. The normalized spacial score (nSPS) is 10.4. The molecule has 0 spiro atoms. The second kappa shape index (κ2) is 33.8. The van der Waals surface area contributed by atoms with Crippen molar-refractivity contribution in [2.75, 3.05) is 31.4 Å². The van der Waals surface area contributed by atoms with Crippen LogP contribution in [0, 0.1) is 24.0 Å². The molecule has 480 valence electrons. The van der Waals surface area contributed by atoms with Crippen LogP contribution in [0.25, 0.3) is 77.0 Å². The molecule has 0 aliphatic carbocycles. The number of hydrogen-bond donors (Lipinski definition) is 4. The van der Waals surface area contributed by atoms with Crippen molar-refractivity contribution in [3.63, 3.8) is 0 Å². The number of fused-ring (bicyclic) bond motifs is 9. The molecule has 0 radical (unpaired) electrons. The Morgan fingerprint density at radius 2 is 1.01 bits per heavy atom. The van der Waals surface area contributed by atoms with Crippen LogP contribution in [0.1, 0.15) is 29.8 Å². The number of ketones is 1. The number of ether oxygens (including phenoxy) is 1. The quantitative estimate of drug-likeness (QED) is 0.0395. The fraction of sp³-hybridized carbons (Fsp3) is 0.134. The fourth-order valence-corrected chi connectivity index (χ4v) is 9.98. The van der Waals surface area contributed by atoms with E-state index in [-0.39, 0.29) is 22.7 Å². The van der Waals surface area contributed by atoms with Crippen LogP contribution >= 0.6 is 58.0 Å². The first-order valence-electron chi connectivity index (χ1n) is 28.1. The summed E-state index contributed by atoms with van der Waals surface area (Å²) in [6.07, 6.45) is 10.7. The molecule has 0 amide bonds. The Hall–Kier alpha value is -10.3. The average Bonchev–Trinajstić information content (AvgIpc) is 1.63. The molecule has 0 atom stereocenters. The topological polar surface area (TPSA) is 324 Å². The van der Waals surface area contributed by atoms with Gasteiger partial charge in [0.15, 0.2) is 12.1 Å². The van der Waals surface area contributed by atoms with Gasteiger partial charge in [0.1, 0.15) is 38.6 Å². The monoisotopic (exact) mass is 1360 g/mol. The number of halogens is 5. The van der Waals surface area contributed by atoms with E-state index in [9.17, 15) is 14.9 Å². The molecule has 14 rings (SSSR count). The number of benzene rings is 7. The number of aliphatic hydroxyl groups excluding tert-OH is 1. The van der Waals surface area contributed by atoms with E-state index in [0.717, 1.165) is 120 Å². The molecule has 7 N–H and O–H groups in total. The zero-order valence-corrected chi connectivity index (χ0v) is 55.4. The van der Waals surface area contributed by atoms with Crippen molar-refractivity contribution >= 4 is 170 Å². The summed E-state index contributed by atoms with van der Waals surface area (Å²) >= 11 is 29.2. The van der Waals surface area contributed by atoms with E-state index in [1.165, 1.54) is 19.1 Å². The molecule has 0 aliphatic heterocycles. The number of hydrogen-bond acceptors (Lipinski definition) is 19. The Morgan fingerprint density at radius 1 is 0.532 bits per heavy atom. The number of aldehydes is 1. The number of aromatic nitrogens is 12. The van der Waals surface area contributed by atoms with Crippen LogP contribution in [0.4, 0.5) is 22.7 Å². The lowest BCUT2D eigenvalue weighted by Crippen LogP contribution is -2.02. The van der Waals surface area contributed by atoms with E-state index in [1.54, 1.807) is 50.0 Å². The molecule has 0 saturated carbocycles. The van der Waals surface area contributed by atoms with Gasteiger partial charge in [0.05, 0.1) is 105 Å². The molecule has 0 unspecified atom stereocenters. The van der Waals surface area contributed by atoms with Crippen LogP contribution in [0.2, 0.25) is 25.1 Å². The van der Waals surface area contributed by atoms with Gasteiger partial charge in [-0.1, -0.05) is 88.3 Å². The van der Waals surface area contributed by atoms with Crippen LogP contribution in [0.15, 0.2) is 171 Å². The highest BCUT2D eigenvalue weighted by Gasteiger charge is 2.16. The van der Waals surface area contributed by atoms with Crippen LogP contribution in [-0.4, -0.2) is 95.3 Å². The summed E-state index contributed by atoms with van der Waals surface area (Å²) in [5.41, 5.74) is 30.5. The Bertz CT molecular complexity index is 4960.